The minimum Gasteiger partial charge on any atom is -0.379 e. The van der Waals surface area contributed by atoms with Gasteiger partial charge in [-0.3, -0.25) is 28.8 Å². The van der Waals surface area contributed by atoms with Crippen LogP contribution >= 0.6 is 0 Å². The summed E-state index contributed by atoms with van der Waals surface area (Å²) in [6.45, 7) is 2.04. The van der Waals surface area contributed by atoms with E-state index >= 15 is 0 Å². The number of nitrogens with two attached hydrogens (primary N) is 1. The minimum atomic E-state index is -1.11. The highest BCUT2D eigenvalue weighted by Crippen LogP contribution is 2.06. The van der Waals surface area contributed by atoms with Crippen LogP contribution in [-0.2, 0) is 43.0 Å². The number of carbonyl (C=O) groups is 6. The first-order valence-electron chi connectivity index (χ1n) is 12.2. The van der Waals surface area contributed by atoms with Crippen LogP contribution in [0.25, 0.3) is 0 Å². The molecule has 0 rings (SSSR count). The summed E-state index contributed by atoms with van der Waals surface area (Å²) in [5.74, 6) is -0.760. The minimum absolute atomic E-state index is 0.0138. The SMILES string of the molecule is NC(COCCC(=O)NCCNC=O)(COCCC(=O)NCCNC=O)COCCC(=O)NCCNC=O. The second kappa shape index (κ2) is 24.0. The van der Waals surface area contributed by atoms with Crippen molar-refractivity contribution in [2.24, 2.45) is 5.73 Å². The molecule has 0 aliphatic carbocycles. The quantitative estimate of drug-likeness (QED) is 0.0385. The van der Waals surface area contributed by atoms with Crippen LogP contribution in [0.15, 0.2) is 0 Å². The fourth-order valence-electron chi connectivity index (χ4n) is 2.71. The van der Waals surface area contributed by atoms with Gasteiger partial charge in [0.05, 0.1) is 45.2 Å². The highest BCUT2D eigenvalue weighted by molar-refractivity contribution is 5.76. The molecule has 0 spiro atoms. The first kappa shape index (κ1) is 34.7. The topological polar surface area (TPSA) is 228 Å². The molecule has 16 heteroatoms. The Morgan fingerprint density at radius 2 is 0.842 bits per heavy atom. The van der Waals surface area contributed by atoms with E-state index in [-0.39, 0.29) is 76.6 Å². The van der Waals surface area contributed by atoms with Gasteiger partial charge in [0.2, 0.25) is 37.0 Å². The first-order chi connectivity index (χ1) is 18.4. The van der Waals surface area contributed by atoms with Crippen LogP contribution in [0.3, 0.4) is 0 Å². The predicted octanol–water partition coefficient (Wildman–Crippen LogP) is -4.51. The van der Waals surface area contributed by atoms with Gasteiger partial charge in [0.1, 0.15) is 0 Å². The van der Waals surface area contributed by atoms with Gasteiger partial charge >= 0.3 is 0 Å². The second-order valence-corrected chi connectivity index (χ2v) is 8.04. The van der Waals surface area contributed by atoms with Gasteiger partial charge in [0.15, 0.2) is 0 Å². The lowest BCUT2D eigenvalue weighted by atomic mass is 10.1. The van der Waals surface area contributed by atoms with Crippen LogP contribution in [0, 0.1) is 0 Å². The highest BCUT2D eigenvalue weighted by Gasteiger charge is 2.27. The molecule has 218 valence electrons. The third-order valence-electron chi connectivity index (χ3n) is 4.61. The molecule has 0 bridgehead atoms. The standard InChI is InChI=1S/C22H41N7O9/c23-22(13-36-10-1-19(33)27-7-4-24-16-30,14-37-11-2-20(34)28-8-5-25-17-31)15-38-12-3-21(35)29-9-6-26-18-32/h16-18H,1-15,23H2,(H,24,30)(H,25,31)(H,26,32)(H,27,33)(H,28,34)(H,29,35). The van der Waals surface area contributed by atoms with Crippen molar-refractivity contribution >= 4 is 37.0 Å². The molecule has 0 atom stereocenters. The van der Waals surface area contributed by atoms with Crippen molar-refractivity contribution < 1.29 is 43.0 Å². The number of nitrogens with one attached hydrogen (secondary N) is 6. The summed E-state index contributed by atoms with van der Waals surface area (Å²) < 4.78 is 16.7. The van der Waals surface area contributed by atoms with Crippen LogP contribution < -0.4 is 37.6 Å². The maximum atomic E-state index is 11.8. The number of rotatable bonds is 27. The van der Waals surface area contributed by atoms with Gasteiger partial charge in [0, 0.05) is 58.5 Å². The molecule has 0 unspecified atom stereocenters. The Balaban J connectivity index is 4.45. The lowest BCUT2D eigenvalue weighted by Gasteiger charge is -2.29. The molecule has 0 fully saturated rings. The predicted molar refractivity (Wildman–Crippen MR) is 134 cm³/mol. The molecule has 0 heterocycles. The number of carbonyl (C=O) groups excluding carboxylic acids is 6. The summed E-state index contributed by atoms with van der Waals surface area (Å²) in [6.07, 6.45) is 1.87. The van der Waals surface area contributed by atoms with Gasteiger partial charge in [-0.05, 0) is 0 Å². The van der Waals surface area contributed by atoms with Crippen molar-refractivity contribution in [1.82, 2.24) is 31.9 Å². The summed E-state index contributed by atoms with van der Waals surface area (Å²) in [5.41, 5.74) is 5.28. The maximum Gasteiger partial charge on any atom is 0.222 e. The Bertz CT molecular complexity index is 610. The number of ether oxygens (including phenoxy) is 3. The zero-order valence-corrected chi connectivity index (χ0v) is 21.6. The van der Waals surface area contributed by atoms with Crippen molar-refractivity contribution in [3.05, 3.63) is 0 Å². The Hall–Kier alpha value is -3.34. The molecular weight excluding hydrogens is 506 g/mol. The number of hydrogen-bond acceptors (Lipinski definition) is 10. The van der Waals surface area contributed by atoms with E-state index in [0.717, 1.165) is 0 Å². The van der Waals surface area contributed by atoms with Crippen molar-refractivity contribution in [1.29, 1.82) is 0 Å². The van der Waals surface area contributed by atoms with Crippen LogP contribution in [-0.4, -0.2) is 121 Å². The van der Waals surface area contributed by atoms with Crippen LogP contribution in [0.4, 0.5) is 0 Å². The van der Waals surface area contributed by atoms with Crippen molar-refractivity contribution in [2.75, 3.05) is 78.9 Å². The third-order valence-corrected chi connectivity index (χ3v) is 4.61. The Labute approximate surface area is 221 Å². The summed E-state index contributed by atoms with van der Waals surface area (Å²) in [6, 6.07) is 0. The van der Waals surface area contributed by atoms with Gasteiger partial charge in [-0.2, -0.15) is 0 Å². The lowest BCUT2D eigenvalue weighted by Crippen LogP contribution is -2.53. The molecule has 0 aliphatic rings. The Morgan fingerprint density at radius 1 is 0.553 bits per heavy atom. The molecule has 0 radical (unpaired) electrons. The zero-order chi connectivity index (χ0) is 28.3. The lowest BCUT2D eigenvalue weighted by molar-refractivity contribution is -0.122. The molecule has 38 heavy (non-hydrogen) atoms. The van der Waals surface area contributed by atoms with Crippen LogP contribution in [0.1, 0.15) is 19.3 Å². The largest absolute Gasteiger partial charge is 0.379 e. The molecule has 0 aliphatic heterocycles. The van der Waals surface area contributed by atoms with Crippen LogP contribution in [0.5, 0.6) is 0 Å². The highest BCUT2D eigenvalue weighted by atomic mass is 16.5. The summed E-state index contributed by atoms with van der Waals surface area (Å²) in [7, 11) is 0. The second-order valence-electron chi connectivity index (χ2n) is 8.04. The average molecular weight is 548 g/mol. The van der Waals surface area contributed by atoms with Gasteiger partial charge in [0.25, 0.3) is 0 Å². The van der Waals surface area contributed by atoms with Crippen molar-refractivity contribution in [3.8, 4) is 0 Å². The van der Waals surface area contributed by atoms with Crippen molar-refractivity contribution in [2.45, 2.75) is 24.8 Å². The Kier molecular flexibility index (Phi) is 21.9. The van der Waals surface area contributed by atoms with E-state index in [2.05, 4.69) is 31.9 Å². The molecule has 0 aromatic heterocycles. The number of amides is 6. The van der Waals surface area contributed by atoms with Crippen molar-refractivity contribution in [3.63, 3.8) is 0 Å². The van der Waals surface area contributed by atoms with Gasteiger partial charge in [-0.25, -0.2) is 0 Å². The zero-order valence-electron chi connectivity index (χ0n) is 21.6. The van der Waals surface area contributed by atoms with Gasteiger partial charge < -0.3 is 51.8 Å². The van der Waals surface area contributed by atoms with Gasteiger partial charge in [-0.15, -0.1) is 0 Å². The van der Waals surface area contributed by atoms with E-state index in [0.29, 0.717) is 58.5 Å². The fraction of sp³-hybridized carbons (Fsp3) is 0.727. The molecular formula is C22H41N7O9. The molecule has 0 saturated carbocycles. The molecule has 0 aromatic rings. The smallest absolute Gasteiger partial charge is 0.222 e. The monoisotopic (exact) mass is 547 g/mol. The number of hydrogen-bond donors (Lipinski definition) is 7. The van der Waals surface area contributed by atoms with Crippen LogP contribution in [0.2, 0.25) is 0 Å². The molecule has 0 aromatic carbocycles. The fourth-order valence-corrected chi connectivity index (χ4v) is 2.71. The first-order valence-corrected chi connectivity index (χ1v) is 12.2. The summed E-state index contributed by atoms with van der Waals surface area (Å²) >= 11 is 0. The van der Waals surface area contributed by atoms with E-state index in [9.17, 15) is 28.8 Å². The Morgan fingerprint density at radius 3 is 1.11 bits per heavy atom. The van der Waals surface area contributed by atoms with E-state index < -0.39 is 5.54 Å². The molecule has 6 amide bonds. The van der Waals surface area contributed by atoms with E-state index in [1.807, 2.05) is 0 Å². The molecule has 0 saturated heterocycles. The maximum absolute atomic E-state index is 11.8. The normalized spacial score (nSPS) is 10.7. The van der Waals surface area contributed by atoms with E-state index in [1.54, 1.807) is 0 Å². The van der Waals surface area contributed by atoms with E-state index in [1.165, 1.54) is 0 Å². The third kappa shape index (κ3) is 21.9. The average Bonchev–Trinajstić information content (AvgIpc) is 2.90. The summed E-state index contributed by atoms with van der Waals surface area (Å²) in [5, 5.41) is 15.2. The van der Waals surface area contributed by atoms with Gasteiger partial charge in [-0.1, -0.05) is 0 Å². The van der Waals surface area contributed by atoms with E-state index in [4.69, 9.17) is 19.9 Å². The summed E-state index contributed by atoms with van der Waals surface area (Å²) in [4.78, 5) is 66.0. The molecule has 16 nitrogen and oxygen atoms in total. The molecule has 8 N–H and O–H groups in total.